The summed E-state index contributed by atoms with van der Waals surface area (Å²) in [6.07, 6.45) is 4.92. The molecule has 0 saturated heterocycles. The molecular weight excluding hydrogens is 742 g/mol. The number of pyridine rings is 1. The van der Waals surface area contributed by atoms with E-state index in [2.05, 4.69) is 59.3 Å². The maximum absolute atomic E-state index is 11.8. The SMILES string of the molecule is CCC(C)(C)C(=O)/C=C(\O)C(C)(C)CC.Cc1[c-]c(Oc2cc3[se]cc(-c4ccccc4)c3cn2)cc(C)c1.[Ir]. The molecule has 4 rings (SSSR count). The number of aliphatic hydroxyl groups excluding tert-OH is 1. The number of aliphatic hydroxyl groups is 1. The molecule has 0 saturated carbocycles. The van der Waals surface area contributed by atoms with E-state index < -0.39 is 0 Å². The number of carbonyl (C=O) groups excluding carboxylic acids is 1. The van der Waals surface area contributed by atoms with Gasteiger partial charge in [-0.1, -0.05) is 41.5 Å². The van der Waals surface area contributed by atoms with Gasteiger partial charge in [0.25, 0.3) is 0 Å². The van der Waals surface area contributed by atoms with Crippen molar-refractivity contribution in [1.29, 1.82) is 0 Å². The number of rotatable bonds is 8. The maximum Gasteiger partial charge on any atom is 0 e. The van der Waals surface area contributed by atoms with Crippen molar-refractivity contribution in [2.24, 2.45) is 10.8 Å². The van der Waals surface area contributed by atoms with E-state index in [-0.39, 0.29) is 42.5 Å². The smallest absolute Gasteiger partial charge is 0 e. The molecule has 4 aromatic rings. The van der Waals surface area contributed by atoms with Crippen molar-refractivity contribution in [3.63, 3.8) is 0 Å². The molecule has 0 unspecified atom stereocenters. The number of benzene rings is 2. The van der Waals surface area contributed by atoms with Crippen LogP contribution in [0.3, 0.4) is 0 Å². The minimum atomic E-state index is -0.377. The summed E-state index contributed by atoms with van der Waals surface area (Å²) >= 11 is 0.313. The van der Waals surface area contributed by atoms with Gasteiger partial charge in [0.2, 0.25) is 0 Å². The third-order valence-corrected chi connectivity index (χ3v) is 9.24. The average Bonchev–Trinajstić information content (AvgIpc) is 3.32. The molecule has 1 N–H and O–H groups in total. The molecule has 0 fully saturated rings. The van der Waals surface area contributed by atoms with Gasteiger partial charge < -0.3 is 5.11 Å². The second-order valence-corrected chi connectivity index (χ2v) is 13.1. The van der Waals surface area contributed by atoms with Gasteiger partial charge in [-0.3, -0.25) is 4.79 Å². The van der Waals surface area contributed by atoms with Crippen LogP contribution in [-0.4, -0.2) is 30.4 Å². The zero-order valence-electron chi connectivity index (χ0n) is 24.7. The standard InChI is InChI=1S/C21H16NOSe.C13H24O2.Ir/c1-14-8-15(2)10-17(9-14)23-21-11-20-18(12-22-21)19(13-24-20)16-6-4-3-5-7-16;1-7-12(3,4)10(14)9-11(15)13(5,6)8-2;/h3-9,11-13H,1-2H3;9,14H,7-8H2,1-6H3;/q-1;;/b;10-9-;. The van der Waals surface area contributed by atoms with E-state index in [1.165, 1.54) is 32.4 Å². The number of hydrogen-bond acceptors (Lipinski definition) is 4. The zero-order valence-corrected chi connectivity index (χ0v) is 28.8. The van der Waals surface area contributed by atoms with E-state index >= 15 is 0 Å². The minimum absolute atomic E-state index is 0. The second-order valence-electron chi connectivity index (χ2n) is 11.2. The van der Waals surface area contributed by atoms with Gasteiger partial charge in [-0.05, 0) is 12.8 Å². The molecule has 2 heterocycles. The van der Waals surface area contributed by atoms with Crippen molar-refractivity contribution in [1.82, 2.24) is 4.98 Å². The van der Waals surface area contributed by atoms with Gasteiger partial charge in [-0.2, -0.15) is 0 Å². The number of carbonyl (C=O) groups is 1. The van der Waals surface area contributed by atoms with E-state index in [0.717, 1.165) is 24.2 Å². The number of ether oxygens (including phenoxy) is 1. The van der Waals surface area contributed by atoms with Crippen LogP contribution >= 0.6 is 0 Å². The fraction of sp³-hybridized carbons (Fsp3) is 0.353. The summed E-state index contributed by atoms with van der Waals surface area (Å²) in [5, 5.41) is 11.1. The fourth-order valence-electron chi connectivity index (χ4n) is 3.70. The number of nitrogens with zero attached hydrogens (tertiary/aromatic N) is 1. The molecular formula is C34H40IrNO3Se-. The van der Waals surface area contributed by atoms with Crippen LogP contribution in [0.4, 0.5) is 0 Å². The third-order valence-electron chi connectivity index (χ3n) is 7.25. The number of allylic oxidation sites excluding steroid dienone is 2. The Bertz CT molecular complexity index is 1430. The van der Waals surface area contributed by atoms with Gasteiger partial charge in [-0.25, -0.2) is 0 Å². The summed E-state index contributed by atoms with van der Waals surface area (Å²) in [4.78, 5) is 18.7. The first-order valence-electron chi connectivity index (χ1n) is 13.4. The summed E-state index contributed by atoms with van der Waals surface area (Å²) in [6, 6.07) is 19.8. The second kappa shape index (κ2) is 14.4. The van der Waals surface area contributed by atoms with Crippen LogP contribution < -0.4 is 4.74 Å². The first-order chi connectivity index (χ1) is 18.4. The first-order valence-corrected chi connectivity index (χ1v) is 15.3. The monoisotopic (exact) mass is 783 g/mol. The van der Waals surface area contributed by atoms with Crippen molar-refractivity contribution in [3.05, 3.63) is 88.7 Å². The van der Waals surface area contributed by atoms with Crippen molar-refractivity contribution in [2.75, 3.05) is 0 Å². The van der Waals surface area contributed by atoms with Gasteiger partial charge in [-0.15, -0.1) is 0 Å². The summed E-state index contributed by atoms with van der Waals surface area (Å²) < 4.78 is 7.24. The first kappa shape index (κ1) is 33.7. The summed E-state index contributed by atoms with van der Waals surface area (Å²) in [5.74, 6) is 1.56. The molecule has 6 heteroatoms. The number of ketones is 1. The van der Waals surface area contributed by atoms with Crippen LogP contribution in [0.1, 0.15) is 65.5 Å². The number of hydrogen-bond donors (Lipinski definition) is 1. The fourth-order valence-corrected chi connectivity index (χ4v) is 5.72. The van der Waals surface area contributed by atoms with Gasteiger partial charge >= 0.3 is 147 Å². The van der Waals surface area contributed by atoms with Crippen LogP contribution in [0.15, 0.2) is 71.5 Å². The minimum Gasteiger partial charge on any atom is 0 e. The molecule has 40 heavy (non-hydrogen) atoms. The maximum atomic E-state index is 11.8. The van der Waals surface area contributed by atoms with Gasteiger partial charge in [0.05, 0.1) is 0 Å². The Morgan fingerprint density at radius 1 is 1.02 bits per heavy atom. The molecule has 0 aliphatic rings. The average molecular weight is 782 g/mol. The van der Waals surface area contributed by atoms with Crippen molar-refractivity contribution in [3.8, 4) is 22.8 Å². The number of aryl methyl sites for hydroxylation is 2. The predicted octanol–water partition coefficient (Wildman–Crippen LogP) is 9.04. The molecule has 215 valence electrons. The molecule has 0 aliphatic carbocycles. The van der Waals surface area contributed by atoms with Crippen LogP contribution in [-0.2, 0) is 24.9 Å². The van der Waals surface area contributed by atoms with E-state index in [0.29, 0.717) is 20.4 Å². The Morgan fingerprint density at radius 3 is 2.27 bits per heavy atom. The van der Waals surface area contributed by atoms with E-state index in [1.807, 2.05) is 66.8 Å². The molecule has 2 aromatic heterocycles. The number of fused-ring (bicyclic) bond motifs is 1. The van der Waals surface area contributed by atoms with E-state index in [4.69, 9.17) is 4.74 Å². The Balaban J connectivity index is 0.000000307. The Morgan fingerprint density at radius 2 is 1.68 bits per heavy atom. The Hall–Kier alpha value is -2.49. The van der Waals surface area contributed by atoms with Crippen molar-refractivity contribution < 1.29 is 34.7 Å². The zero-order chi connectivity index (χ0) is 28.8. The largest absolute Gasteiger partial charge is 0 e. The molecule has 2 aromatic carbocycles. The van der Waals surface area contributed by atoms with Crippen LogP contribution in [0.5, 0.6) is 11.6 Å². The molecule has 0 bridgehead atoms. The topological polar surface area (TPSA) is 59.4 Å². The van der Waals surface area contributed by atoms with E-state index in [1.54, 1.807) is 0 Å². The van der Waals surface area contributed by atoms with Crippen LogP contribution in [0.2, 0.25) is 0 Å². The summed E-state index contributed by atoms with van der Waals surface area (Å²) in [6.45, 7) is 15.7. The Kier molecular flexibility index (Phi) is 12.2. The molecule has 0 atom stereocenters. The molecule has 0 spiro atoms. The van der Waals surface area contributed by atoms with Gasteiger partial charge in [0.1, 0.15) is 5.76 Å². The van der Waals surface area contributed by atoms with Crippen molar-refractivity contribution in [2.45, 2.75) is 68.2 Å². The van der Waals surface area contributed by atoms with Crippen LogP contribution in [0.25, 0.3) is 20.8 Å². The predicted molar refractivity (Wildman–Crippen MR) is 163 cm³/mol. The molecule has 4 nitrogen and oxygen atoms in total. The molecule has 0 amide bonds. The molecule has 0 aliphatic heterocycles. The number of aromatic nitrogens is 1. The van der Waals surface area contributed by atoms with Gasteiger partial charge in [0.15, 0.2) is 5.78 Å². The van der Waals surface area contributed by atoms with Crippen molar-refractivity contribution >= 4 is 29.9 Å². The quantitative estimate of drug-likeness (QED) is 0.0840. The normalized spacial score (nSPS) is 11.8. The van der Waals surface area contributed by atoms with E-state index in [9.17, 15) is 9.90 Å². The summed E-state index contributed by atoms with van der Waals surface area (Å²) in [5.41, 5.74) is 4.08. The Labute approximate surface area is 259 Å². The van der Waals surface area contributed by atoms with Crippen LogP contribution in [0, 0.1) is 30.7 Å². The third kappa shape index (κ3) is 8.75. The van der Waals surface area contributed by atoms with Gasteiger partial charge in [0, 0.05) is 37.0 Å². The molecule has 1 radical (unpaired) electrons. The summed E-state index contributed by atoms with van der Waals surface area (Å²) in [7, 11) is 0.